The van der Waals surface area contributed by atoms with Crippen molar-refractivity contribution in [3.8, 4) is 0 Å². The fraction of sp³-hybridized carbons (Fsp3) is 0.583. The number of carbonyl (C=O) groups excluding carboxylic acids is 2. The molecule has 0 fully saturated rings. The van der Waals surface area contributed by atoms with Crippen LogP contribution >= 0.6 is 22.7 Å². The molecule has 0 aliphatic heterocycles. The van der Waals surface area contributed by atoms with Crippen molar-refractivity contribution in [3.63, 3.8) is 0 Å². The van der Waals surface area contributed by atoms with Crippen molar-refractivity contribution in [2.24, 2.45) is 11.3 Å². The number of thiophene rings is 2. The second-order valence-corrected chi connectivity index (χ2v) is 11.3. The summed E-state index contributed by atoms with van der Waals surface area (Å²) in [6, 6.07) is 3.70. The number of rotatable bonds is 7. The summed E-state index contributed by atoms with van der Waals surface area (Å²) in [7, 11) is 0. The molecule has 4 nitrogen and oxygen atoms in total. The molecule has 0 saturated heterocycles. The van der Waals surface area contributed by atoms with Crippen molar-refractivity contribution in [2.75, 3.05) is 18.4 Å². The van der Waals surface area contributed by atoms with Gasteiger partial charge in [0.15, 0.2) is 0 Å². The third-order valence-electron chi connectivity index (χ3n) is 5.95. The molecule has 2 amide bonds. The Morgan fingerprint density at radius 1 is 1.20 bits per heavy atom. The van der Waals surface area contributed by atoms with Crippen LogP contribution in [0.25, 0.3) is 0 Å². The Hall–Kier alpha value is -1.66. The van der Waals surface area contributed by atoms with Gasteiger partial charge >= 0.3 is 0 Å². The van der Waals surface area contributed by atoms with Gasteiger partial charge in [0.1, 0.15) is 5.00 Å². The molecule has 1 atom stereocenters. The number of nitrogens with one attached hydrogen (secondary N) is 1. The number of fused-ring (bicyclic) bond motifs is 1. The van der Waals surface area contributed by atoms with Gasteiger partial charge in [0.2, 0.25) is 0 Å². The van der Waals surface area contributed by atoms with E-state index in [1.165, 1.54) is 21.8 Å². The van der Waals surface area contributed by atoms with Crippen LogP contribution in [-0.4, -0.2) is 29.8 Å². The largest absolute Gasteiger partial charge is 0.339 e. The van der Waals surface area contributed by atoms with Crippen LogP contribution in [0.4, 0.5) is 5.00 Å². The summed E-state index contributed by atoms with van der Waals surface area (Å²) in [6.07, 6.45) is 4.85. The Balaban J connectivity index is 1.99. The highest BCUT2D eigenvalue weighted by molar-refractivity contribution is 7.17. The summed E-state index contributed by atoms with van der Waals surface area (Å²) in [5.74, 6) is 0.546. The van der Waals surface area contributed by atoms with E-state index in [0.29, 0.717) is 10.8 Å². The lowest BCUT2D eigenvalue weighted by molar-refractivity contribution is 0.0755. The van der Waals surface area contributed by atoms with Gasteiger partial charge in [0.05, 0.1) is 10.4 Å². The van der Waals surface area contributed by atoms with E-state index in [-0.39, 0.29) is 17.2 Å². The Labute approximate surface area is 188 Å². The van der Waals surface area contributed by atoms with E-state index in [1.807, 2.05) is 22.4 Å². The topological polar surface area (TPSA) is 49.4 Å². The van der Waals surface area contributed by atoms with Crippen molar-refractivity contribution in [1.82, 2.24) is 4.90 Å². The minimum Gasteiger partial charge on any atom is -0.339 e. The molecule has 1 aliphatic carbocycles. The van der Waals surface area contributed by atoms with E-state index >= 15 is 0 Å². The fourth-order valence-electron chi connectivity index (χ4n) is 4.22. The quantitative estimate of drug-likeness (QED) is 0.529. The minimum absolute atomic E-state index is 0.0758. The van der Waals surface area contributed by atoms with Gasteiger partial charge < -0.3 is 10.2 Å². The van der Waals surface area contributed by atoms with Crippen LogP contribution in [0, 0.1) is 11.3 Å². The van der Waals surface area contributed by atoms with Crippen LogP contribution in [0.15, 0.2) is 17.5 Å². The predicted octanol–water partition coefficient (Wildman–Crippen LogP) is 6.48. The van der Waals surface area contributed by atoms with Crippen molar-refractivity contribution in [1.29, 1.82) is 0 Å². The maximum Gasteiger partial charge on any atom is 0.266 e. The molecular formula is C24H34N2O2S2. The monoisotopic (exact) mass is 446 g/mol. The van der Waals surface area contributed by atoms with Crippen LogP contribution in [0.3, 0.4) is 0 Å². The predicted molar refractivity (Wildman–Crippen MR) is 128 cm³/mol. The van der Waals surface area contributed by atoms with Gasteiger partial charge in [0, 0.05) is 18.0 Å². The lowest BCUT2D eigenvalue weighted by atomic mass is 9.72. The third-order valence-corrected chi connectivity index (χ3v) is 7.99. The third kappa shape index (κ3) is 4.97. The molecule has 1 unspecified atom stereocenters. The second kappa shape index (κ2) is 9.65. The molecule has 0 aromatic carbocycles. The first-order valence-corrected chi connectivity index (χ1v) is 12.7. The Morgan fingerprint density at radius 3 is 2.47 bits per heavy atom. The molecule has 0 bridgehead atoms. The van der Waals surface area contributed by atoms with E-state index < -0.39 is 0 Å². The van der Waals surface area contributed by atoms with Crippen LogP contribution < -0.4 is 5.32 Å². The zero-order chi connectivity index (χ0) is 21.9. The zero-order valence-electron chi connectivity index (χ0n) is 18.8. The van der Waals surface area contributed by atoms with Crippen LogP contribution in [-0.2, 0) is 12.8 Å². The average Bonchev–Trinajstić information content (AvgIpc) is 3.34. The van der Waals surface area contributed by atoms with Crippen molar-refractivity contribution >= 4 is 39.5 Å². The van der Waals surface area contributed by atoms with Gasteiger partial charge in [-0.25, -0.2) is 0 Å². The molecule has 0 radical (unpaired) electrons. The van der Waals surface area contributed by atoms with E-state index in [0.717, 1.165) is 55.8 Å². The normalized spacial score (nSPS) is 16.2. The number of carbonyl (C=O) groups is 2. The standard InChI is InChI=1S/C24H34N2O2S2/c1-6-12-26(13-7-2)23(28)20-17-11-10-16(24(3,4)5)15-19(17)30-22(20)25-21(27)18-9-8-14-29-18/h8-9,14,16H,6-7,10-13,15H2,1-5H3,(H,25,27). The van der Waals surface area contributed by atoms with E-state index in [4.69, 9.17) is 0 Å². The molecule has 6 heteroatoms. The summed E-state index contributed by atoms with van der Waals surface area (Å²) < 4.78 is 0. The molecule has 1 N–H and O–H groups in total. The maximum absolute atomic E-state index is 13.6. The van der Waals surface area contributed by atoms with Gasteiger partial charge in [-0.05, 0) is 60.4 Å². The van der Waals surface area contributed by atoms with E-state index in [1.54, 1.807) is 11.3 Å². The highest BCUT2D eigenvalue weighted by atomic mass is 32.1. The Bertz CT molecular complexity index is 872. The summed E-state index contributed by atoms with van der Waals surface area (Å²) in [5, 5.41) is 5.72. The van der Waals surface area contributed by atoms with Crippen molar-refractivity contribution in [3.05, 3.63) is 38.4 Å². The fourth-order valence-corrected chi connectivity index (χ4v) is 6.16. The molecule has 2 heterocycles. The van der Waals surface area contributed by atoms with Gasteiger partial charge in [0.25, 0.3) is 11.8 Å². The number of amides is 2. The molecular weight excluding hydrogens is 412 g/mol. The summed E-state index contributed by atoms with van der Waals surface area (Å²) in [6.45, 7) is 12.6. The van der Waals surface area contributed by atoms with Crippen LogP contribution in [0.5, 0.6) is 0 Å². The van der Waals surface area contributed by atoms with Gasteiger partial charge in [-0.3, -0.25) is 9.59 Å². The van der Waals surface area contributed by atoms with Gasteiger partial charge in [-0.1, -0.05) is 40.7 Å². The van der Waals surface area contributed by atoms with Crippen molar-refractivity contribution < 1.29 is 9.59 Å². The SMILES string of the molecule is CCCN(CCC)C(=O)c1c(NC(=O)c2cccs2)sc2c1CCC(C(C)(C)C)C2. The molecule has 2 aromatic heterocycles. The number of anilines is 1. The minimum atomic E-state index is -0.123. The average molecular weight is 447 g/mol. The van der Waals surface area contributed by atoms with Crippen molar-refractivity contribution in [2.45, 2.75) is 66.7 Å². The first-order chi connectivity index (χ1) is 14.3. The van der Waals surface area contributed by atoms with Gasteiger partial charge in [-0.2, -0.15) is 0 Å². The summed E-state index contributed by atoms with van der Waals surface area (Å²) in [5.41, 5.74) is 2.15. The van der Waals surface area contributed by atoms with Crippen LogP contribution in [0.1, 0.15) is 84.4 Å². The lowest BCUT2D eigenvalue weighted by Crippen LogP contribution is -2.34. The highest BCUT2D eigenvalue weighted by Crippen LogP contribution is 2.44. The molecule has 1 aliphatic rings. The molecule has 30 heavy (non-hydrogen) atoms. The number of nitrogens with zero attached hydrogens (tertiary/aromatic N) is 1. The second-order valence-electron chi connectivity index (χ2n) is 9.24. The molecule has 0 saturated carbocycles. The molecule has 3 rings (SSSR count). The maximum atomic E-state index is 13.6. The molecule has 0 spiro atoms. The highest BCUT2D eigenvalue weighted by Gasteiger charge is 2.35. The van der Waals surface area contributed by atoms with E-state index in [9.17, 15) is 9.59 Å². The smallest absolute Gasteiger partial charge is 0.266 e. The van der Waals surface area contributed by atoms with Gasteiger partial charge in [-0.15, -0.1) is 22.7 Å². The number of hydrogen-bond acceptors (Lipinski definition) is 4. The zero-order valence-corrected chi connectivity index (χ0v) is 20.5. The Kier molecular flexibility index (Phi) is 7.40. The van der Waals surface area contributed by atoms with E-state index in [2.05, 4.69) is 39.9 Å². The van der Waals surface area contributed by atoms with Crippen LogP contribution in [0.2, 0.25) is 0 Å². The molecule has 2 aromatic rings. The summed E-state index contributed by atoms with van der Waals surface area (Å²) >= 11 is 3.04. The summed E-state index contributed by atoms with van der Waals surface area (Å²) in [4.78, 5) is 30.3. The lowest BCUT2D eigenvalue weighted by Gasteiger charge is -2.34. The Morgan fingerprint density at radius 2 is 1.90 bits per heavy atom. The number of hydrogen-bond donors (Lipinski definition) is 1. The first-order valence-electron chi connectivity index (χ1n) is 11.0. The first kappa shape index (κ1) is 23.0. The molecule has 164 valence electrons.